The Morgan fingerprint density at radius 3 is 2.37 bits per heavy atom. The van der Waals surface area contributed by atoms with E-state index < -0.39 is 0 Å². The van der Waals surface area contributed by atoms with Gasteiger partial charge in [0.15, 0.2) is 0 Å². The van der Waals surface area contributed by atoms with Gasteiger partial charge in [-0.05, 0) is 5.18 Å². The third kappa shape index (κ3) is 1.52. The Labute approximate surface area is 111 Å². The van der Waals surface area contributed by atoms with Gasteiger partial charge < -0.3 is 5.10 Å². The summed E-state index contributed by atoms with van der Waals surface area (Å²) in [5.74, 6) is 0. The molecule has 0 radical (unpaired) electrons. The number of aromatic amines is 1. The summed E-state index contributed by atoms with van der Waals surface area (Å²) in [5, 5.41) is 8.65. The van der Waals surface area contributed by atoms with Crippen molar-refractivity contribution in [2.24, 2.45) is 12.2 Å². The lowest BCUT2D eigenvalue weighted by Crippen LogP contribution is -2.13. The van der Waals surface area contributed by atoms with E-state index in [9.17, 15) is 4.91 Å². The van der Waals surface area contributed by atoms with Crippen LogP contribution in [0.2, 0.25) is 0 Å². The fraction of sp³-hybridized carbons (Fsp3) is 0.333. The summed E-state index contributed by atoms with van der Waals surface area (Å²) in [5.41, 5.74) is 3.54. The van der Waals surface area contributed by atoms with Crippen molar-refractivity contribution in [1.29, 1.82) is 0 Å². The van der Waals surface area contributed by atoms with Crippen molar-refractivity contribution in [2.45, 2.75) is 26.2 Å². The summed E-state index contributed by atoms with van der Waals surface area (Å²) in [6, 6.07) is 7.92. The highest BCUT2D eigenvalue weighted by molar-refractivity contribution is 6.12. The van der Waals surface area contributed by atoms with Gasteiger partial charge in [0.2, 0.25) is 0 Å². The Bertz CT molecular complexity index is 743. The van der Waals surface area contributed by atoms with Crippen molar-refractivity contribution in [3.05, 3.63) is 34.9 Å². The van der Waals surface area contributed by atoms with Crippen LogP contribution < -0.4 is 0 Å². The van der Waals surface area contributed by atoms with E-state index >= 15 is 0 Å². The lowest BCUT2D eigenvalue weighted by molar-refractivity contribution is 0.556. The molecule has 1 aromatic rings. The van der Waals surface area contributed by atoms with E-state index in [1.54, 1.807) is 0 Å². The standard InChI is InChI=1S/C15H17N3O/c1-15(2,3)14-11-12(17-19)9-7-5-6-8-10(9)13(11)18(4)16-14/h5-8,16H,1-4H3. The molecule has 1 aromatic carbocycles. The lowest BCUT2D eigenvalue weighted by Gasteiger charge is -2.17. The molecule has 19 heavy (non-hydrogen) atoms. The van der Waals surface area contributed by atoms with Gasteiger partial charge in [-0.25, -0.2) is 0 Å². The van der Waals surface area contributed by atoms with E-state index in [4.69, 9.17) is 0 Å². The molecule has 4 nitrogen and oxygen atoms in total. The largest absolute Gasteiger partial charge is 0.301 e. The highest BCUT2D eigenvalue weighted by atomic mass is 16.3. The van der Waals surface area contributed by atoms with Gasteiger partial charge in [-0.15, -0.1) is 4.91 Å². The van der Waals surface area contributed by atoms with Gasteiger partial charge in [0.1, 0.15) is 5.69 Å². The molecule has 1 aliphatic carbocycles. The number of nitrogens with one attached hydrogen (secondary N) is 1. The second kappa shape index (κ2) is 3.70. The average Bonchev–Trinajstić information content (AvgIpc) is 2.84. The van der Waals surface area contributed by atoms with Crippen molar-refractivity contribution < 1.29 is 0 Å². The lowest BCUT2D eigenvalue weighted by atomic mass is 9.89. The summed E-state index contributed by atoms with van der Waals surface area (Å²) in [7, 11) is 1.97. The van der Waals surface area contributed by atoms with E-state index in [2.05, 4.69) is 31.0 Å². The van der Waals surface area contributed by atoms with E-state index in [-0.39, 0.29) is 5.41 Å². The molecule has 1 N–H and O–H groups in total. The first kappa shape index (κ1) is 12.0. The van der Waals surface area contributed by atoms with Crippen LogP contribution in [0, 0.1) is 4.91 Å². The third-order valence-corrected chi connectivity index (χ3v) is 3.62. The monoisotopic (exact) mass is 255 g/mol. The fourth-order valence-corrected chi connectivity index (χ4v) is 2.78. The quantitative estimate of drug-likeness (QED) is 0.647. The van der Waals surface area contributed by atoms with Crippen LogP contribution in [0.1, 0.15) is 26.5 Å². The van der Waals surface area contributed by atoms with Crippen molar-refractivity contribution in [2.75, 3.05) is 0 Å². The van der Waals surface area contributed by atoms with Gasteiger partial charge in [-0.3, -0.25) is 4.68 Å². The zero-order valence-electron chi connectivity index (χ0n) is 11.6. The van der Waals surface area contributed by atoms with Crippen molar-refractivity contribution in [3.63, 3.8) is 0 Å². The molecule has 1 heterocycles. The molecule has 1 aliphatic heterocycles. The third-order valence-electron chi connectivity index (χ3n) is 3.62. The van der Waals surface area contributed by atoms with Crippen LogP contribution in [0.15, 0.2) is 29.4 Å². The molecule has 0 saturated heterocycles. The number of H-pyrrole nitrogens is 1. The molecule has 0 saturated carbocycles. The predicted molar refractivity (Wildman–Crippen MR) is 78.0 cm³/mol. The number of hydrogen-bond acceptors (Lipinski definition) is 2. The maximum atomic E-state index is 11.3. The molecular weight excluding hydrogens is 238 g/mol. The van der Waals surface area contributed by atoms with Gasteiger partial charge in [0.05, 0.1) is 11.3 Å². The molecule has 0 bridgehead atoms. The second-order valence-electron chi connectivity index (χ2n) is 6.00. The minimum Gasteiger partial charge on any atom is -0.301 e. The summed E-state index contributed by atoms with van der Waals surface area (Å²) in [4.78, 5) is 11.3. The Morgan fingerprint density at radius 1 is 1.16 bits per heavy atom. The summed E-state index contributed by atoms with van der Waals surface area (Å²) >= 11 is 0. The van der Waals surface area contributed by atoms with E-state index in [0.29, 0.717) is 5.69 Å². The summed E-state index contributed by atoms with van der Waals surface area (Å²) in [6.45, 7) is 6.39. The van der Waals surface area contributed by atoms with Gasteiger partial charge >= 0.3 is 0 Å². The SMILES string of the molecule is Cn1[nH]c(C(C)(C)C)c2c(N=O)c3ccccc3c1-2. The Hall–Kier alpha value is -2.10. The van der Waals surface area contributed by atoms with Crippen molar-refractivity contribution in [3.8, 4) is 11.3 Å². The van der Waals surface area contributed by atoms with E-state index in [0.717, 1.165) is 27.7 Å². The number of nitrogens with zero attached hydrogens (tertiary/aromatic N) is 2. The zero-order valence-corrected chi connectivity index (χ0v) is 11.6. The van der Waals surface area contributed by atoms with Crippen LogP contribution in [0.4, 0.5) is 5.69 Å². The van der Waals surface area contributed by atoms with Crippen LogP contribution in [-0.4, -0.2) is 9.78 Å². The first-order valence-corrected chi connectivity index (χ1v) is 6.38. The smallest absolute Gasteiger partial charge is 0.127 e. The highest BCUT2D eigenvalue weighted by Crippen LogP contribution is 2.48. The van der Waals surface area contributed by atoms with Crippen LogP contribution in [0.5, 0.6) is 0 Å². The first-order valence-electron chi connectivity index (χ1n) is 6.38. The van der Waals surface area contributed by atoms with Crippen LogP contribution in [-0.2, 0) is 12.5 Å². The van der Waals surface area contributed by atoms with Gasteiger partial charge in [0, 0.05) is 28.9 Å². The minimum absolute atomic E-state index is 0.0661. The van der Waals surface area contributed by atoms with Crippen molar-refractivity contribution >= 4 is 16.5 Å². The molecule has 0 fully saturated rings. The molecule has 2 aliphatic rings. The molecule has 0 atom stereocenters. The fourth-order valence-electron chi connectivity index (χ4n) is 2.78. The Balaban J connectivity index is 2.52. The number of rotatable bonds is 1. The van der Waals surface area contributed by atoms with Gasteiger partial charge in [0.25, 0.3) is 0 Å². The maximum absolute atomic E-state index is 11.3. The van der Waals surface area contributed by atoms with Gasteiger partial charge in [-0.1, -0.05) is 45.0 Å². The van der Waals surface area contributed by atoms with Crippen LogP contribution >= 0.6 is 0 Å². The second-order valence-corrected chi connectivity index (χ2v) is 6.00. The Kier molecular flexibility index (Phi) is 2.33. The molecule has 0 spiro atoms. The molecule has 3 rings (SSSR count). The zero-order chi connectivity index (χ0) is 13.8. The first-order chi connectivity index (χ1) is 8.95. The molecule has 0 unspecified atom stereocenters. The molecule has 4 heteroatoms. The summed E-state index contributed by atoms with van der Waals surface area (Å²) in [6.07, 6.45) is 0. The maximum Gasteiger partial charge on any atom is 0.127 e. The molecule has 98 valence electrons. The van der Waals surface area contributed by atoms with E-state index in [1.165, 1.54) is 0 Å². The highest BCUT2D eigenvalue weighted by Gasteiger charge is 2.31. The average molecular weight is 255 g/mol. The molecule has 0 aromatic heterocycles. The number of aryl methyl sites for hydroxylation is 1. The van der Waals surface area contributed by atoms with Crippen LogP contribution in [0.3, 0.4) is 0 Å². The normalized spacial score (nSPS) is 12.4. The molecular formula is C15H17N3O. The van der Waals surface area contributed by atoms with E-state index in [1.807, 2.05) is 36.0 Å². The number of nitroso groups, excluding NO2 is 1. The molecule has 0 amide bonds. The summed E-state index contributed by atoms with van der Waals surface area (Å²) < 4.78 is 1.98. The van der Waals surface area contributed by atoms with Crippen molar-refractivity contribution in [1.82, 2.24) is 9.78 Å². The van der Waals surface area contributed by atoms with Crippen LogP contribution in [0.25, 0.3) is 22.0 Å². The minimum atomic E-state index is -0.0661. The number of benzene rings is 1. The predicted octanol–water partition coefficient (Wildman–Crippen LogP) is 4.31. The van der Waals surface area contributed by atoms with Gasteiger partial charge in [-0.2, -0.15) is 0 Å². The number of hydrogen-bond donors (Lipinski definition) is 1. The number of fused-ring (bicyclic) bond motifs is 3. The number of aromatic nitrogens is 2. The Morgan fingerprint density at radius 2 is 1.79 bits per heavy atom. The topological polar surface area (TPSA) is 50.1 Å².